The summed E-state index contributed by atoms with van der Waals surface area (Å²) in [6.07, 6.45) is 0.446. The smallest absolute Gasteiger partial charge is 0.437 e. The zero-order chi connectivity index (χ0) is 20.7. The van der Waals surface area contributed by atoms with E-state index in [2.05, 4.69) is 51.6 Å². The molecule has 0 saturated carbocycles. The molecule has 3 heterocycles. The van der Waals surface area contributed by atoms with Crippen LogP contribution in [0.25, 0.3) is 10.9 Å². The van der Waals surface area contributed by atoms with Gasteiger partial charge >= 0.3 is 6.16 Å². The third-order valence-corrected chi connectivity index (χ3v) is 6.26. The van der Waals surface area contributed by atoms with Gasteiger partial charge in [0.2, 0.25) is 0 Å². The first kappa shape index (κ1) is 21.5. The lowest BCUT2D eigenvalue weighted by atomic mass is 10.0. The average molecular weight is 442 g/mol. The maximum absolute atomic E-state index is 12.2. The van der Waals surface area contributed by atoms with Gasteiger partial charge in [-0.15, -0.1) is 12.4 Å². The van der Waals surface area contributed by atoms with Gasteiger partial charge in [-0.25, -0.2) is 4.79 Å². The molecule has 164 valence electrons. The fourth-order valence-corrected chi connectivity index (χ4v) is 5.00. The van der Waals surface area contributed by atoms with Crippen molar-refractivity contribution in [2.24, 2.45) is 0 Å². The fraction of sp³-hybridized carbons (Fsp3) is 0.375. The number of hydrogen-bond acceptors (Lipinski definition) is 5. The highest BCUT2D eigenvalue weighted by molar-refractivity contribution is 5.91. The van der Waals surface area contributed by atoms with Gasteiger partial charge in [0.15, 0.2) is 5.75 Å². The van der Waals surface area contributed by atoms with Crippen molar-refractivity contribution in [2.45, 2.75) is 25.9 Å². The third kappa shape index (κ3) is 3.64. The topological polar surface area (TPSA) is 46.9 Å². The molecule has 0 aliphatic carbocycles. The summed E-state index contributed by atoms with van der Waals surface area (Å²) in [6.45, 7) is 6.91. The molecule has 0 bridgehead atoms. The van der Waals surface area contributed by atoms with Crippen LogP contribution in [0, 0.1) is 0 Å². The van der Waals surface area contributed by atoms with Crippen LogP contribution in [0.4, 0.5) is 10.5 Å². The van der Waals surface area contributed by atoms with E-state index in [4.69, 9.17) is 9.47 Å². The Hall–Kier alpha value is -2.70. The summed E-state index contributed by atoms with van der Waals surface area (Å²) in [6, 6.07) is 16.9. The molecule has 0 amide bonds. The molecule has 1 aromatic heterocycles. The van der Waals surface area contributed by atoms with Crippen LogP contribution in [0.15, 0.2) is 48.5 Å². The lowest BCUT2D eigenvalue weighted by Gasteiger charge is -2.42. The lowest BCUT2D eigenvalue weighted by Crippen LogP contribution is -2.49. The quantitative estimate of drug-likeness (QED) is 0.544. The number of rotatable bonds is 3. The maximum Gasteiger partial charge on any atom is 0.513 e. The van der Waals surface area contributed by atoms with Crippen LogP contribution in [0.5, 0.6) is 5.75 Å². The number of piperazine rings is 1. The Morgan fingerprint density at radius 1 is 1.10 bits per heavy atom. The second kappa shape index (κ2) is 8.81. The summed E-state index contributed by atoms with van der Waals surface area (Å²) < 4.78 is 13.0. The molecule has 31 heavy (non-hydrogen) atoms. The highest BCUT2D eigenvalue weighted by atomic mass is 35.5. The first-order valence-electron chi connectivity index (χ1n) is 10.6. The highest BCUT2D eigenvalue weighted by Gasteiger charge is 2.37. The molecule has 2 aliphatic heterocycles. The molecule has 3 aromatic rings. The van der Waals surface area contributed by atoms with E-state index in [1.807, 2.05) is 18.2 Å². The molecule has 7 heteroatoms. The molecule has 1 atom stereocenters. The molecule has 1 fully saturated rings. The van der Waals surface area contributed by atoms with Crippen LogP contribution in [0.2, 0.25) is 0 Å². The molecule has 2 aliphatic rings. The Bertz CT molecular complexity index is 1100. The summed E-state index contributed by atoms with van der Waals surface area (Å²) in [7, 11) is 1.35. The number of anilines is 1. The van der Waals surface area contributed by atoms with Gasteiger partial charge in [0.1, 0.15) is 0 Å². The van der Waals surface area contributed by atoms with Crippen molar-refractivity contribution in [3.8, 4) is 5.75 Å². The first-order valence-corrected chi connectivity index (χ1v) is 10.6. The Balaban J connectivity index is 0.00000231. The van der Waals surface area contributed by atoms with E-state index in [9.17, 15) is 4.79 Å². The van der Waals surface area contributed by atoms with E-state index in [1.54, 1.807) is 0 Å². The minimum absolute atomic E-state index is 0. The van der Waals surface area contributed by atoms with Gasteiger partial charge in [-0.3, -0.25) is 4.90 Å². The van der Waals surface area contributed by atoms with Gasteiger partial charge in [-0.1, -0.05) is 37.3 Å². The van der Waals surface area contributed by atoms with Gasteiger partial charge in [0.25, 0.3) is 0 Å². The Morgan fingerprint density at radius 3 is 2.68 bits per heavy atom. The number of aromatic nitrogens is 1. The number of benzene rings is 2. The Labute approximate surface area is 188 Å². The molecule has 0 N–H and O–H groups in total. The zero-order valence-electron chi connectivity index (χ0n) is 17.9. The van der Waals surface area contributed by atoms with Crippen molar-refractivity contribution in [1.82, 2.24) is 9.47 Å². The summed E-state index contributed by atoms with van der Waals surface area (Å²) >= 11 is 0. The van der Waals surface area contributed by atoms with Crippen molar-refractivity contribution in [3.63, 3.8) is 0 Å². The summed E-state index contributed by atoms with van der Waals surface area (Å²) in [5.41, 5.74) is 4.69. The van der Waals surface area contributed by atoms with Gasteiger partial charge in [-0.05, 0) is 36.7 Å². The molecule has 0 radical (unpaired) electrons. The van der Waals surface area contributed by atoms with Crippen molar-refractivity contribution in [3.05, 3.63) is 59.8 Å². The van der Waals surface area contributed by atoms with Crippen LogP contribution in [0.3, 0.4) is 0 Å². The predicted molar refractivity (Wildman–Crippen MR) is 125 cm³/mol. The minimum atomic E-state index is -0.677. The van der Waals surface area contributed by atoms with E-state index in [1.165, 1.54) is 18.4 Å². The van der Waals surface area contributed by atoms with Gasteiger partial charge in [-0.2, -0.15) is 0 Å². The average Bonchev–Trinajstić information content (AvgIpc) is 2.99. The monoisotopic (exact) mass is 441 g/mol. The van der Waals surface area contributed by atoms with Crippen LogP contribution in [-0.2, 0) is 11.3 Å². The second-order valence-corrected chi connectivity index (χ2v) is 8.01. The number of hydrogen-bond donors (Lipinski definition) is 0. The maximum atomic E-state index is 12.2. The minimum Gasteiger partial charge on any atom is -0.437 e. The number of para-hydroxylation sites is 2. The fourth-order valence-electron chi connectivity index (χ4n) is 5.00. The number of fused-ring (bicyclic) bond motifs is 7. The van der Waals surface area contributed by atoms with Crippen molar-refractivity contribution in [1.29, 1.82) is 0 Å². The van der Waals surface area contributed by atoms with Crippen LogP contribution in [0.1, 0.15) is 30.6 Å². The van der Waals surface area contributed by atoms with E-state index in [0.29, 0.717) is 5.75 Å². The number of ether oxygens (including phenoxy) is 2. The number of nitrogens with zero attached hydrogens (tertiary/aromatic N) is 3. The lowest BCUT2D eigenvalue weighted by molar-refractivity contribution is 0.121. The van der Waals surface area contributed by atoms with Gasteiger partial charge < -0.3 is 18.9 Å². The van der Waals surface area contributed by atoms with Gasteiger partial charge in [0.05, 0.1) is 30.9 Å². The highest BCUT2D eigenvalue weighted by Crippen LogP contribution is 2.45. The Morgan fingerprint density at radius 2 is 1.87 bits per heavy atom. The van der Waals surface area contributed by atoms with E-state index < -0.39 is 6.16 Å². The molecule has 1 unspecified atom stereocenters. The normalized spacial score (nSPS) is 17.7. The number of methoxy groups -OCH3 is 1. The predicted octanol–water partition coefficient (Wildman–Crippen LogP) is 4.84. The number of carbonyl (C=O) groups excluding carboxylic acids is 1. The summed E-state index contributed by atoms with van der Waals surface area (Å²) in [4.78, 5) is 17.2. The molecule has 6 nitrogen and oxygen atoms in total. The van der Waals surface area contributed by atoms with Crippen LogP contribution in [-0.4, -0.2) is 48.9 Å². The van der Waals surface area contributed by atoms with Crippen molar-refractivity contribution >= 4 is 35.2 Å². The number of halogens is 1. The van der Waals surface area contributed by atoms with Crippen LogP contribution >= 0.6 is 12.4 Å². The molecule has 2 aromatic carbocycles. The summed E-state index contributed by atoms with van der Waals surface area (Å²) in [5.74, 6) is 0.624. The largest absolute Gasteiger partial charge is 0.513 e. The first-order chi connectivity index (χ1) is 14.7. The zero-order valence-corrected chi connectivity index (χ0v) is 18.7. The molecule has 5 rings (SSSR count). The van der Waals surface area contributed by atoms with E-state index >= 15 is 0 Å². The molecule has 1 saturated heterocycles. The van der Waals surface area contributed by atoms with Crippen molar-refractivity contribution < 1.29 is 14.3 Å². The standard InChI is InChI=1S/C24H27N3O3.ClH/c1-3-12-25-13-14-26-19-10-6-4-8-17(19)15-27-20-11-7-5-9-18(20)23(30-24(28)29-2)22(27)21(26)16-25;/h4-11,21H,3,12-16H2,1-2H3;1H. The van der Waals surface area contributed by atoms with Crippen LogP contribution < -0.4 is 9.64 Å². The molecular formula is C24H28ClN3O3. The van der Waals surface area contributed by atoms with Crippen molar-refractivity contribution in [2.75, 3.05) is 38.2 Å². The Kier molecular flexibility index (Phi) is 6.12. The number of carbonyl (C=O) groups is 1. The third-order valence-electron chi connectivity index (χ3n) is 6.26. The second-order valence-electron chi connectivity index (χ2n) is 8.01. The molecular weight excluding hydrogens is 414 g/mol. The van der Waals surface area contributed by atoms with Gasteiger partial charge in [0, 0.05) is 30.7 Å². The van der Waals surface area contributed by atoms with E-state index in [-0.39, 0.29) is 18.4 Å². The SMILES string of the molecule is CCCN1CCN2c3ccccc3Cn3c(c(OC(=O)OC)c4ccccc43)C2C1.Cl. The summed E-state index contributed by atoms with van der Waals surface area (Å²) in [5, 5.41) is 0.949. The van der Waals surface area contributed by atoms with E-state index in [0.717, 1.165) is 55.7 Å². The molecule has 0 spiro atoms.